The first-order valence-corrected chi connectivity index (χ1v) is 5.86. The molecule has 1 unspecified atom stereocenters. The molecule has 0 aliphatic heterocycles. The molecule has 17 heavy (non-hydrogen) atoms. The van der Waals surface area contributed by atoms with Gasteiger partial charge in [-0.25, -0.2) is 4.79 Å². The van der Waals surface area contributed by atoms with E-state index in [1.807, 2.05) is 37.3 Å². The first-order chi connectivity index (χ1) is 8.19. The van der Waals surface area contributed by atoms with Crippen LogP contribution in [-0.2, 0) is 9.53 Å². The maximum atomic E-state index is 11.6. The molecule has 1 aromatic rings. The van der Waals surface area contributed by atoms with Gasteiger partial charge in [-0.2, -0.15) is 0 Å². The van der Waals surface area contributed by atoms with Crippen molar-refractivity contribution in [3.05, 3.63) is 42.5 Å². The van der Waals surface area contributed by atoms with Crippen molar-refractivity contribution in [2.75, 3.05) is 11.9 Å². The standard InChI is InChI=1S/C14H19NO2/c1-4-13(11(3)14(16)17-5-2)15-12-9-7-6-8-10-12/h6-10,13,15H,3-5H2,1-2H3. The van der Waals surface area contributed by atoms with Gasteiger partial charge in [0.25, 0.3) is 0 Å². The molecular formula is C14H19NO2. The monoisotopic (exact) mass is 233 g/mol. The summed E-state index contributed by atoms with van der Waals surface area (Å²) in [4.78, 5) is 11.6. The molecule has 0 spiro atoms. The van der Waals surface area contributed by atoms with E-state index in [4.69, 9.17) is 4.74 Å². The summed E-state index contributed by atoms with van der Waals surface area (Å²) in [7, 11) is 0. The zero-order chi connectivity index (χ0) is 12.7. The molecule has 0 fully saturated rings. The molecule has 0 bridgehead atoms. The molecule has 0 aliphatic carbocycles. The van der Waals surface area contributed by atoms with Gasteiger partial charge >= 0.3 is 5.97 Å². The van der Waals surface area contributed by atoms with Crippen LogP contribution < -0.4 is 5.32 Å². The fourth-order valence-electron chi connectivity index (χ4n) is 1.54. The van der Waals surface area contributed by atoms with Gasteiger partial charge in [-0.1, -0.05) is 31.7 Å². The average molecular weight is 233 g/mol. The molecule has 0 amide bonds. The Balaban J connectivity index is 2.66. The van der Waals surface area contributed by atoms with Crippen LogP contribution in [0.15, 0.2) is 42.5 Å². The minimum absolute atomic E-state index is 0.0866. The molecule has 1 rings (SSSR count). The molecule has 0 saturated carbocycles. The molecule has 3 heteroatoms. The quantitative estimate of drug-likeness (QED) is 0.606. The van der Waals surface area contributed by atoms with E-state index in [1.165, 1.54) is 0 Å². The highest BCUT2D eigenvalue weighted by molar-refractivity contribution is 5.89. The Kier molecular flexibility index (Phi) is 5.27. The Bertz CT molecular complexity index is 373. The first kappa shape index (κ1) is 13.3. The van der Waals surface area contributed by atoms with E-state index in [2.05, 4.69) is 11.9 Å². The zero-order valence-electron chi connectivity index (χ0n) is 10.4. The van der Waals surface area contributed by atoms with E-state index in [9.17, 15) is 4.79 Å². The van der Waals surface area contributed by atoms with Crippen LogP contribution in [0.1, 0.15) is 20.3 Å². The van der Waals surface area contributed by atoms with Crippen LogP contribution in [0.3, 0.4) is 0 Å². The second kappa shape index (κ2) is 6.74. The highest BCUT2D eigenvalue weighted by Gasteiger charge is 2.18. The van der Waals surface area contributed by atoms with Crippen LogP contribution in [0.25, 0.3) is 0 Å². The lowest BCUT2D eigenvalue weighted by Crippen LogP contribution is -2.26. The summed E-state index contributed by atoms with van der Waals surface area (Å²) >= 11 is 0. The number of hydrogen-bond acceptors (Lipinski definition) is 3. The summed E-state index contributed by atoms with van der Waals surface area (Å²) in [6.07, 6.45) is 0.784. The van der Waals surface area contributed by atoms with Gasteiger partial charge in [0, 0.05) is 5.69 Å². The smallest absolute Gasteiger partial charge is 0.335 e. The number of carbonyl (C=O) groups excluding carboxylic acids is 1. The first-order valence-electron chi connectivity index (χ1n) is 5.86. The van der Waals surface area contributed by atoms with Crippen molar-refractivity contribution in [3.63, 3.8) is 0 Å². The number of hydrogen-bond donors (Lipinski definition) is 1. The van der Waals surface area contributed by atoms with Gasteiger partial charge in [0.15, 0.2) is 0 Å². The van der Waals surface area contributed by atoms with Crippen LogP contribution in [-0.4, -0.2) is 18.6 Å². The number of ether oxygens (including phenoxy) is 1. The third-order valence-electron chi connectivity index (χ3n) is 2.48. The topological polar surface area (TPSA) is 38.3 Å². The van der Waals surface area contributed by atoms with Gasteiger partial charge in [0.1, 0.15) is 0 Å². The number of benzene rings is 1. The maximum Gasteiger partial charge on any atom is 0.335 e. The van der Waals surface area contributed by atoms with Crippen molar-refractivity contribution >= 4 is 11.7 Å². The van der Waals surface area contributed by atoms with Gasteiger partial charge in [0.2, 0.25) is 0 Å². The Hall–Kier alpha value is -1.77. The van der Waals surface area contributed by atoms with Crippen LogP contribution in [0, 0.1) is 0 Å². The highest BCUT2D eigenvalue weighted by atomic mass is 16.5. The average Bonchev–Trinajstić information content (AvgIpc) is 2.36. The second-order valence-electron chi connectivity index (χ2n) is 3.72. The fraction of sp³-hybridized carbons (Fsp3) is 0.357. The van der Waals surface area contributed by atoms with Crippen molar-refractivity contribution < 1.29 is 9.53 Å². The van der Waals surface area contributed by atoms with E-state index in [0.717, 1.165) is 12.1 Å². The number of rotatable bonds is 6. The number of nitrogens with one attached hydrogen (secondary N) is 1. The van der Waals surface area contributed by atoms with Crippen molar-refractivity contribution in [3.8, 4) is 0 Å². The molecule has 0 aliphatic rings. The summed E-state index contributed by atoms with van der Waals surface area (Å²) in [5.41, 5.74) is 1.45. The third kappa shape index (κ3) is 3.94. The van der Waals surface area contributed by atoms with Gasteiger partial charge in [-0.3, -0.25) is 0 Å². The summed E-state index contributed by atoms with van der Waals surface area (Å²) in [5.74, 6) is -0.331. The van der Waals surface area contributed by atoms with Crippen LogP contribution in [0.2, 0.25) is 0 Å². The van der Waals surface area contributed by atoms with Gasteiger partial charge in [-0.15, -0.1) is 0 Å². The zero-order valence-corrected chi connectivity index (χ0v) is 10.4. The van der Waals surface area contributed by atoms with Crippen molar-refractivity contribution in [2.45, 2.75) is 26.3 Å². The van der Waals surface area contributed by atoms with Crippen molar-refractivity contribution in [1.82, 2.24) is 0 Å². The predicted molar refractivity (Wildman–Crippen MR) is 69.9 cm³/mol. The van der Waals surface area contributed by atoms with Crippen LogP contribution in [0.4, 0.5) is 5.69 Å². The number of para-hydroxylation sites is 1. The maximum absolute atomic E-state index is 11.6. The third-order valence-corrected chi connectivity index (χ3v) is 2.48. The van der Waals surface area contributed by atoms with Crippen LogP contribution >= 0.6 is 0 Å². The molecule has 92 valence electrons. The summed E-state index contributed by atoms with van der Waals surface area (Å²) in [6.45, 7) is 7.97. The predicted octanol–water partition coefficient (Wildman–Crippen LogP) is 3.00. The lowest BCUT2D eigenvalue weighted by atomic mass is 10.1. The van der Waals surface area contributed by atoms with Crippen molar-refractivity contribution in [1.29, 1.82) is 0 Å². The number of carbonyl (C=O) groups is 1. The molecule has 0 heterocycles. The normalized spacial score (nSPS) is 11.6. The van der Waals surface area contributed by atoms with Gasteiger partial charge < -0.3 is 10.1 Å². The van der Waals surface area contributed by atoms with Crippen molar-refractivity contribution in [2.24, 2.45) is 0 Å². The van der Waals surface area contributed by atoms with E-state index >= 15 is 0 Å². The largest absolute Gasteiger partial charge is 0.463 e. The second-order valence-corrected chi connectivity index (χ2v) is 3.72. The van der Waals surface area contributed by atoms with E-state index in [0.29, 0.717) is 12.2 Å². The molecule has 1 aromatic carbocycles. The van der Waals surface area contributed by atoms with Gasteiger partial charge in [-0.05, 0) is 25.5 Å². The molecular weight excluding hydrogens is 214 g/mol. The number of esters is 1. The number of anilines is 1. The molecule has 1 N–H and O–H groups in total. The fourth-order valence-corrected chi connectivity index (χ4v) is 1.54. The Morgan fingerprint density at radius 3 is 2.53 bits per heavy atom. The molecule has 3 nitrogen and oxygen atoms in total. The summed E-state index contributed by atoms with van der Waals surface area (Å²) in [6, 6.07) is 9.68. The lowest BCUT2D eigenvalue weighted by Gasteiger charge is -2.19. The molecule has 0 saturated heterocycles. The minimum atomic E-state index is -0.331. The van der Waals surface area contributed by atoms with Crippen LogP contribution in [0.5, 0.6) is 0 Å². The molecule has 0 radical (unpaired) electrons. The minimum Gasteiger partial charge on any atom is -0.463 e. The Labute approximate surface area is 102 Å². The highest BCUT2D eigenvalue weighted by Crippen LogP contribution is 2.14. The SMILES string of the molecule is C=C(C(=O)OCC)C(CC)Nc1ccccc1. The summed E-state index contributed by atoms with van der Waals surface area (Å²) in [5, 5.41) is 3.27. The van der Waals surface area contributed by atoms with Gasteiger partial charge in [0.05, 0.1) is 18.2 Å². The molecule has 0 aromatic heterocycles. The lowest BCUT2D eigenvalue weighted by molar-refractivity contribution is -0.138. The van der Waals surface area contributed by atoms with E-state index < -0.39 is 0 Å². The Morgan fingerprint density at radius 1 is 1.35 bits per heavy atom. The Morgan fingerprint density at radius 2 is 2.00 bits per heavy atom. The summed E-state index contributed by atoms with van der Waals surface area (Å²) < 4.78 is 4.95. The van der Waals surface area contributed by atoms with E-state index in [-0.39, 0.29) is 12.0 Å². The van der Waals surface area contributed by atoms with E-state index in [1.54, 1.807) is 6.92 Å². The molecule has 1 atom stereocenters.